The third-order valence-corrected chi connectivity index (χ3v) is 1.27. The summed E-state index contributed by atoms with van der Waals surface area (Å²) in [5.74, 6) is -3.36. The molecule has 0 saturated heterocycles. The first kappa shape index (κ1) is 10.4. The molecule has 0 radical (unpaired) electrons. The van der Waals surface area contributed by atoms with Crippen molar-refractivity contribution in [2.24, 2.45) is 11.7 Å². The van der Waals surface area contributed by atoms with E-state index in [9.17, 15) is 14.4 Å². The van der Waals surface area contributed by atoms with E-state index in [1.165, 1.54) is 6.92 Å². The third kappa shape index (κ3) is 3.00. The highest BCUT2D eigenvalue weighted by molar-refractivity contribution is 6.03. The number of nitrogens with two attached hydrogens (primary N) is 1. The summed E-state index contributed by atoms with van der Waals surface area (Å²) < 4.78 is 0. The molecule has 0 aromatic carbocycles. The number of carboxylic acids is 1. The molecule has 12 heavy (non-hydrogen) atoms. The first-order chi connectivity index (χ1) is 5.49. The van der Waals surface area contributed by atoms with E-state index in [0.29, 0.717) is 0 Å². The van der Waals surface area contributed by atoms with Crippen molar-refractivity contribution in [1.82, 2.24) is 5.32 Å². The van der Waals surface area contributed by atoms with Crippen molar-refractivity contribution in [3.63, 3.8) is 0 Å². The van der Waals surface area contributed by atoms with Crippen molar-refractivity contribution in [2.75, 3.05) is 0 Å². The molecular formula is C6H10N2O4. The number of amides is 3. The molecule has 0 aromatic heterocycles. The van der Waals surface area contributed by atoms with Crippen molar-refractivity contribution in [3.05, 3.63) is 0 Å². The molecule has 0 fully saturated rings. The Morgan fingerprint density at radius 1 is 1.50 bits per heavy atom. The predicted molar refractivity (Wildman–Crippen MR) is 39.1 cm³/mol. The number of urea groups is 1. The minimum atomic E-state index is -1.27. The standard InChI is InChI=1S/C6H10N2O4/c1-2-3(5(10)11)4(9)8-6(7)12/h3H,2H2,1H3,(H,10,11)(H3,7,8,9,12). The second-order valence-electron chi connectivity index (χ2n) is 2.15. The molecule has 6 heteroatoms. The van der Waals surface area contributed by atoms with E-state index in [4.69, 9.17) is 5.11 Å². The van der Waals surface area contributed by atoms with Crippen LogP contribution >= 0.6 is 0 Å². The monoisotopic (exact) mass is 174 g/mol. The number of carboxylic acid groups (broad SMARTS) is 1. The summed E-state index contributed by atoms with van der Waals surface area (Å²) in [7, 11) is 0. The van der Waals surface area contributed by atoms with Gasteiger partial charge in [0.15, 0.2) is 0 Å². The Balaban J connectivity index is 4.22. The van der Waals surface area contributed by atoms with Crippen LogP contribution in [0.2, 0.25) is 0 Å². The van der Waals surface area contributed by atoms with Gasteiger partial charge in [-0.05, 0) is 6.42 Å². The Labute approximate surface area is 68.7 Å². The van der Waals surface area contributed by atoms with Crippen molar-refractivity contribution in [1.29, 1.82) is 0 Å². The van der Waals surface area contributed by atoms with Gasteiger partial charge in [0.05, 0.1) is 0 Å². The Hall–Kier alpha value is -1.59. The van der Waals surface area contributed by atoms with E-state index in [1.54, 1.807) is 5.32 Å². The highest BCUT2D eigenvalue weighted by Gasteiger charge is 2.24. The average molecular weight is 174 g/mol. The molecule has 4 N–H and O–H groups in total. The quantitative estimate of drug-likeness (QED) is 0.491. The van der Waals surface area contributed by atoms with Gasteiger partial charge in [0.25, 0.3) is 0 Å². The van der Waals surface area contributed by atoms with Crippen LogP contribution in [0.4, 0.5) is 4.79 Å². The molecule has 3 amide bonds. The number of aliphatic carboxylic acids is 1. The maximum absolute atomic E-state index is 10.8. The minimum absolute atomic E-state index is 0.119. The first-order valence-corrected chi connectivity index (χ1v) is 3.32. The molecule has 0 heterocycles. The average Bonchev–Trinajstić information content (AvgIpc) is 1.85. The van der Waals surface area contributed by atoms with E-state index in [-0.39, 0.29) is 6.42 Å². The number of primary amides is 1. The Morgan fingerprint density at radius 3 is 2.25 bits per heavy atom. The van der Waals surface area contributed by atoms with Gasteiger partial charge in [-0.3, -0.25) is 14.9 Å². The van der Waals surface area contributed by atoms with Gasteiger partial charge < -0.3 is 10.8 Å². The molecular weight excluding hydrogens is 164 g/mol. The fourth-order valence-electron chi connectivity index (χ4n) is 0.681. The van der Waals surface area contributed by atoms with Gasteiger partial charge >= 0.3 is 12.0 Å². The topological polar surface area (TPSA) is 109 Å². The normalized spacial score (nSPS) is 11.8. The van der Waals surface area contributed by atoms with Crippen LogP contribution in [0.5, 0.6) is 0 Å². The van der Waals surface area contributed by atoms with Crippen LogP contribution in [-0.2, 0) is 9.59 Å². The lowest BCUT2D eigenvalue weighted by molar-refractivity contribution is -0.146. The maximum atomic E-state index is 10.8. The molecule has 68 valence electrons. The smallest absolute Gasteiger partial charge is 0.318 e. The zero-order valence-electron chi connectivity index (χ0n) is 6.53. The van der Waals surface area contributed by atoms with E-state index in [0.717, 1.165) is 0 Å². The highest BCUT2D eigenvalue weighted by Crippen LogP contribution is 2.01. The fourth-order valence-corrected chi connectivity index (χ4v) is 0.681. The van der Waals surface area contributed by atoms with Crippen LogP contribution in [0.15, 0.2) is 0 Å². The summed E-state index contributed by atoms with van der Waals surface area (Å²) in [6, 6.07) is -1.04. The summed E-state index contributed by atoms with van der Waals surface area (Å²) in [6.45, 7) is 1.53. The largest absolute Gasteiger partial charge is 0.481 e. The number of hydrogen-bond donors (Lipinski definition) is 3. The lowest BCUT2D eigenvalue weighted by Gasteiger charge is -2.06. The maximum Gasteiger partial charge on any atom is 0.318 e. The molecule has 6 nitrogen and oxygen atoms in total. The van der Waals surface area contributed by atoms with Gasteiger partial charge in [0.1, 0.15) is 5.92 Å². The summed E-state index contributed by atoms with van der Waals surface area (Å²) in [5, 5.41) is 10.1. The Bertz CT molecular complexity index is 214. The summed E-state index contributed by atoms with van der Waals surface area (Å²) in [4.78, 5) is 31.3. The number of imide groups is 1. The van der Waals surface area contributed by atoms with Gasteiger partial charge in [-0.2, -0.15) is 0 Å². The molecule has 0 spiro atoms. The molecule has 0 aliphatic rings. The highest BCUT2D eigenvalue weighted by atomic mass is 16.4. The lowest BCUT2D eigenvalue weighted by Crippen LogP contribution is -2.41. The predicted octanol–water partition coefficient (Wildman–Crippen LogP) is -0.708. The van der Waals surface area contributed by atoms with E-state index in [2.05, 4.69) is 5.73 Å². The number of rotatable bonds is 3. The van der Waals surface area contributed by atoms with Gasteiger partial charge in [0.2, 0.25) is 5.91 Å². The van der Waals surface area contributed by atoms with Gasteiger partial charge in [-0.25, -0.2) is 4.79 Å². The summed E-state index contributed by atoms with van der Waals surface area (Å²) in [6.07, 6.45) is 0.119. The Morgan fingerprint density at radius 2 is 2.00 bits per heavy atom. The van der Waals surface area contributed by atoms with Crippen LogP contribution in [-0.4, -0.2) is 23.0 Å². The molecule has 0 aliphatic heterocycles. The van der Waals surface area contributed by atoms with Crippen molar-refractivity contribution in [3.8, 4) is 0 Å². The number of carbonyl (C=O) groups is 3. The molecule has 0 aromatic rings. The van der Waals surface area contributed by atoms with E-state index >= 15 is 0 Å². The molecule has 0 saturated carbocycles. The zero-order chi connectivity index (χ0) is 9.72. The number of hydrogen-bond acceptors (Lipinski definition) is 3. The lowest BCUT2D eigenvalue weighted by atomic mass is 10.1. The zero-order valence-corrected chi connectivity index (χ0v) is 6.53. The van der Waals surface area contributed by atoms with Gasteiger partial charge in [0, 0.05) is 0 Å². The van der Waals surface area contributed by atoms with Gasteiger partial charge in [-0.1, -0.05) is 6.92 Å². The third-order valence-electron chi connectivity index (χ3n) is 1.27. The van der Waals surface area contributed by atoms with Crippen molar-refractivity contribution >= 4 is 17.9 Å². The SMILES string of the molecule is CCC(C(=O)O)C(=O)NC(N)=O. The second-order valence-corrected chi connectivity index (χ2v) is 2.15. The Kier molecular flexibility index (Phi) is 3.75. The summed E-state index contributed by atoms with van der Waals surface area (Å²) in [5.41, 5.74) is 4.62. The number of nitrogens with one attached hydrogen (secondary N) is 1. The van der Waals surface area contributed by atoms with Gasteiger partial charge in [-0.15, -0.1) is 0 Å². The van der Waals surface area contributed by atoms with E-state index in [1.807, 2.05) is 0 Å². The molecule has 0 rings (SSSR count). The van der Waals surface area contributed by atoms with Crippen LogP contribution in [0.3, 0.4) is 0 Å². The van der Waals surface area contributed by atoms with E-state index < -0.39 is 23.8 Å². The summed E-state index contributed by atoms with van der Waals surface area (Å²) >= 11 is 0. The molecule has 1 unspecified atom stereocenters. The molecule has 1 atom stereocenters. The second kappa shape index (κ2) is 4.32. The van der Waals surface area contributed by atoms with Crippen LogP contribution in [0.1, 0.15) is 13.3 Å². The van der Waals surface area contributed by atoms with Crippen molar-refractivity contribution in [2.45, 2.75) is 13.3 Å². The fraction of sp³-hybridized carbons (Fsp3) is 0.500. The molecule has 0 bridgehead atoms. The van der Waals surface area contributed by atoms with Crippen LogP contribution < -0.4 is 11.1 Å². The van der Waals surface area contributed by atoms with Crippen LogP contribution in [0, 0.1) is 5.92 Å². The number of carbonyl (C=O) groups excluding carboxylic acids is 2. The minimum Gasteiger partial charge on any atom is -0.481 e. The van der Waals surface area contributed by atoms with Crippen molar-refractivity contribution < 1.29 is 19.5 Å². The van der Waals surface area contributed by atoms with Crippen LogP contribution in [0.25, 0.3) is 0 Å². The first-order valence-electron chi connectivity index (χ1n) is 3.32. The molecule has 0 aliphatic carbocycles.